The van der Waals surface area contributed by atoms with E-state index in [1.165, 1.54) is 6.20 Å². The van der Waals surface area contributed by atoms with Gasteiger partial charge in [0.1, 0.15) is 5.56 Å². The molecule has 4 N–H and O–H groups in total. The number of ether oxygens (including phenoxy) is 1. The van der Waals surface area contributed by atoms with Gasteiger partial charge in [0.2, 0.25) is 5.88 Å². The molecule has 5 rings (SSSR count). The SMILES string of the molecule is CNC(=O)NC(C)(C)/C=C/n1ncc(C(=O)NC2C3CC4CC2CC(O)(C4)C3)c1OCC(C)C. The Morgan fingerprint density at radius 2 is 1.97 bits per heavy atom. The number of carbonyl (C=O) groups is 2. The minimum absolute atomic E-state index is 0.0804. The van der Waals surface area contributed by atoms with Gasteiger partial charge < -0.3 is 25.8 Å². The van der Waals surface area contributed by atoms with Crippen LogP contribution in [0.4, 0.5) is 4.79 Å². The Labute approximate surface area is 201 Å². The molecule has 3 amide bonds. The first-order chi connectivity index (χ1) is 16.0. The first-order valence-corrected chi connectivity index (χ1v) is 12.4. The van der Waals surface area contributed by atoms with Crippen LogP contribution in [0.15, 0.2) is 12.3 Å². The number of nitrogens with zero attached hydrogens (tertiary/aromatic N) is 2. The number of hydrogen-bond donors (Lipinski definition) is 4. The van der Waals surface area contributed by atoms with Crippen LogP contribution in [0.5, 0.6) is 5.88 Å². The van der Waals surface area contributed by atoms with Crippen molar-refractivity contribution in [2.45, 2.75) is 77.0 Å². The highest BCUT2D eigenvalue weighted by Gasteiger charge is 2.55. The fourth-order valence-electron chi connectivity index (χ4n) is 6.10. The summed E-state index contributed by atoms with van der Waals surface area (Å²) < 4.78 is 7.58. The number of urea groups is 1. The third-order valence-corrected chi connectivity index (χ3v) is 7.38. The molecule has 1 aromatic rings. The topological polar surface area (TPSA) is 118 Å². The van der Waals surface area contributed by atoms with Crippen LogP contribution in [-0.4, -0.2) is 57.7 Å². The Hall–Kier alpha value is -2.55. The lowest BCUT2D eigenvalue weighted by Crippen LogP contribution is -2.61. The van der Waals surface area contributed by atoms with Crippen molar-refractivity contribution in [1.29, 1.82) is 0 Å². The van der Waals surface area contributed by atoms with E-state index in [2.05, 4.69) is 21.0 Å². The van der Waals surface area contributed by atoms with Crippen molar-refractivity contribution >= 4 is 18.1 Å². The van der Waals surface area contributed by atoms with Crippen molar-refractivity contribution in [2.75, 3.05) is 13.7 Å². The molecular weight excluding hydrogens is 434 g/mol. The normalized spacial score (nSPS) is 30.1. The molecule has 0 radical (unpaired) electrons. The van der Waals surface area contributed by atoms with E-state index in [0.717, 1.165) is 32.1 Å². The average molecular weight is 474 g/mol. The molecule has 9 heteroatoms. The van der Waals surface area contributed by atoms with Gasteiger partial charge in [-0.1, -0.05) is 13.8 Å². The van der Waals surface area contributed by atoms with E-state index >= 15 is 0 Å². The average Bonchev–Trinajstić information content (AvgIpc) is 3.14. The molecule has 4 aliphatic carbocycles. The summed E-state index contributed by atoms with van der Waals surface area (Å²) in [5.74, 6) is 1.71. The third kappa shape index (κ3) is 5.24. The highest BCUT2D eigenvalue weighted by Crippen LogP contribution is 2.55. The van der Waals surface area contributed by atoms with Gasteiger partial charge in [0, 0.05) is 19.3 Å². The summed E-state index contributed by atoms with van der Waals surface area (Å²) in [6.07, 6.45) is 9.68. The van der Waals surface area contributed by atoms with Crippen LogP contribution in [0, 0.1) is 23.7 Å². The van der Waals surface area contributed by atoms with Crippen molar-refractivity contribution in [3.8, 4) is 5.88 Å². The zero-order valence-corrected chi connectivity index (χ0v) is 20.9. The summed E-state index contributed by atoms with van der Waals surface area (Å²) in [4.78, 5) is 25.1. The van der Waals surface area contributed by atoms with Gasteiger partial charge in [-0.2, -0.15) is 5.10 Å². The number of nitrogens with one attached hydrogen (secondary N) is 3. The largest absolute Gasteiger partial charge is 0.477 e. The molecule has 4 fully saturated rings. The van der Waals surface area contributed by atoms with E-state index in [-0.39, 0.29) is 23.9 Å². The maximum atomic E-state index is 13.4. The molecule has 1 heterocycles. The summed E-state index contributed by atoms with van der Waals surface area (Å²) >= 11 is 0. The van der Waals surface area contributed by atoms with Crippen molar-refractivity contribution in [3.63, 3.8) is 0 Å². The molecule has 4 aliphatic rings. The molecule has 0 aromatic carbocycles. The Bertz CT molecular complexity index is 937. The summed E-state index contributed by atoms with van der Waals surface area (Å²) in [6, 6.07) is -0.205. The van der Waals surface area contributed by atoms with Crippen LogP contribution >= 0.6 is 0 Å². The predicted molar refractivity (Wildman–Crippen MR) is 129 cm³/mol. The molecule has 2 unspecified atom stereocenters. The molecule has 2 atom stereocenters. The first-order valence-electron chi connectivity index (χ1n) is 12.4. The minimum atomic E-state index is -0.635. The van der Waals surface area contributed by atoms with Gasteiger partial charge in [-0.15, -0.1) is 0 Å². The lowest BCUT2D eigenvalue weighted by atomic mass is 9.52. The molecule has 4 saturated carbocycles. The van der Waals surface area contributed by atoms with Gasteiger partial charge in [0.15, 0.2) is 0 Å². The zero-order valence-electron chi connectivity index (χ0n) is 20.9. The molecule has 1 aromatic heterocycles. The van der Waals surface area contributed by atoms with Crippen molar-refractivity contribution in [1.82, 2.24) is 25.7 Å². The van der Waals surface area contributed by atoms with Gasteiger partial charge in [-0.3, -0.25) is 4.79 Å². The highest BCUT2D eigenvalue weighted by molar-refractivity contribution is 5.96. The number of carbonyl (C=O) groups excluding carboxylic acids is 2. The van der Waals surface area contributed by atoms with E-state index in [1.54, 1.807) is 24.0 Å². The number of amides is 3. The number of hydrogen-bond acceptors (Lipinski definition) is 5. The summed E-state index contributed by atoms with van der Waals surface area (Å²) in [6.45, 7) is 8.27. The van der Waals surface area contributed by atoms with Crippen LogP contribution in [-0.2, 0) is 0 Å². The van der Waals surface area contributed by atoms with Gasteiger partial charge in [-0.25, -0.2) is 9.48 Å². The van der Waals surface area contributed by atoms with Crippen LogP contribution in [0.2, 0.25) is 0 Å². The van der Waals surface area contributed by atoms with Crippen LogP contribution < -0.4 is 20.7 Å². The number of aromatic nitrogens is 2. The maximum absolute atomic E-state index is 13.4. The molecule has 188 valence electrons. The second-order valence-electron chi connectivity index (χ2n) is 11.4. The van der Waals surface area contributed by atoms with Gasteiger partial charge >= 0.3 is 6.03 Å². The lowest BCUT2D eigenvalue weighted by Gasteiger charge is -2.58. The summed E-state index contributed by atoms with van der Waals surface area (Å²) in [7, 11) is 1.56. The maximum Gasteiger partial charge on any atom is 0.315 e. The molecule has 9 nitrogen and oxygen atoms in total. The second-order valence-corrected chi connectivity index (χ2v) is 11.4. The van der Waals surface area contributed by atoms with E-state index in [4.69, 9.17) is 4.74 Å². The van der Waals surface area contributed by atoms with Crippen LogP contribution in [0.3, 0.4) is 0 Å². The van der Waals surface area contributed by atoms with Gasteiger partial charge in [0.05, 0.1) is 23.9 Å². The van der Waals surface area contributed by atoms with E-state index in [9.17, 15) is 14.7 Å². The first kappa shape index (κ1) is 24.6. The van der Waals surface area contributed by atoms with E-state index < -0.39 is 11.1 Å². The third-order valence-electron chi connectivity index (χ3n) is 7.38. The van der Waals surface area contributed by atoms with Gasteiger partial charge in [0.25, 0.3) is 5.91 Å². The van der Waals surface area contributed by atoms with Gasteiger partial charge in [-0.05, 0) is 75.7 Å². The highest BCUT2D eigenvalue weighted by atomic mass is 16.5. The fourth-order valence-corrected chi connectivity index (χ4v) is 6.10. The Morgan fingerprint density at radius 1 is 1.29 bits per heavy atom. The Morgan fingerprint density at radius 3 is 2.56 bits per heavy atom. The molecular formula is C25H39N5O4. The zero-order chi connectivity index (χ0) is 24.7. The van der Waals surface area contributed by atoms with Crippen molar-refractivity contribution in [2.24, 2.45) is 23.7 Å². The summed E-state index contributed by atoms with van der Waals surface area (Å²) in [5, 5.41) is 23.9. The van der Waals surface area contributed by atoms with Crippen molar-refractivity contribution in [3.05, 3.63) is 17.8 Å². The van der Waals surface area contributed by atoms with Crippen LogP contribution in [0.25, 0.3) is 6.20 Å². The molecule has 4 bridgehead atoms. The quantitative estimate of drug-likeness (QED) is 0.463. The Kier molecular flexibility index (Phi) is 6.68. The second kappa shape index (κ2) is 9.24. The minimum Gasteiger partial charge on any atom is -0.477 e. The van der Waals surface area contributed by atoms with Crippen LogP contribution in [0.1, 0.15) is 70.2 Å². The van der Waals surface area contributed by atoms with E-state index in [1.807, 2.05) is 27.7 Å². The van der Waals surface area contributed by atoms with E-state index in [0.29, 0.717) is 35.8 Å². The standard InChI is InChI=1S/C25H39N5O4/c1-15(2)14-34-22-19(13-27-30(22)7-6-24(3,4)29-23(32)26-5)21(31)28-20-17-8-16-9-18(20)12-25(33,10-16)11-17/h6-7,13,15-18,20,33H,8-12,14H2,1-5H3,(H,28,31)(H2,26,29,32)/b7-6+. The number of rotatable bonds is 8. The summed E-state index contributed by atoms with van der Waals surface area (Å²) in [5.41, 5.74) is -0.770. The van der Waals surface area contributed by atoms with Crippen molar-refractivity contribution < 1.29 is 19.4 Å². The number of aliphatic hydroxyl groups is 1. The smallest absolute Gasteiger partial charge is 0.315 e. The lowest BCUT2D eigenvalue weighted by molar-refractivity contribution is -0.136. The molecule has 34 heavy (non-hydrogen) atoms. The molecule has 0 saturated heterocycles. The Balaban J connectivity index is 1.52. The monoisotopic (exact) mass is 473 g/mol. The molecule has 0 spiro atoms. The fraction of sp³-hybridized carbons (Fsp3) is 0.720. The predicted octanol–water partition coefficient (Wildman–Crippen LogP) is 2.77. The molecule has 0 aliphatic heterocycles.